The van der Waals surface area contributed by atoms with Gasteiger partial charge in [0.2, 0.25) is 0 Å². The molecule has 4 rings (SSSR count). The number of hydrogen-bond acceptors (Lipinski definition) is 6. The molecule has 2 heterocycles. The van der Waals surface area contributed by atoms with Crippen molar-refractivity contribution >= 4 is 15.7 Å². The Labute approximate surface area is 180 Å². The highest BCUT2D eigenvalue weighted by Crippen LogP contribution is 2.38. The molecule has 0 saturated heterocycles. The highest BCUT2D eigenvalue weighted by Gasteiger charge is 2.26. The number of carbonyl (C=O) groups is 1. The van der Waals surface area contributed by atoms with Gasteiger partial charge in [0, 0.05) is 25.3 Å². The Morgan fingerprint density at radius 1 is 1.13 bits per heavy atom. The summed E-state index contributed by atoms with van der Waals surface area (Å²) in [5, 5.41) is 2.85. The third-order valence-electron chi connectivity index (χ3n) is 5.08. The summed E-state index contributed by atoms with van der Waals surface area (Å²) in [7, 11) is -1.69. The zero-order valence-corrected chi connectivity index (χ0v) is 18.1. The van der Waals surface area contributed by atoms with Crippen molar-refractivity contribution in [2.24, 2.45) is 0 Å². The first-order valence-corrected chi connectivity index (χ1v) is 11.7. The number of amides is 1. The topological polar surface area (TPSA) is 94.8 Å². The van der Waals surface area contributed by atoms with E-state index in [0.717, 1.165) is 22.4 Å². The highest BCUT2D eigenvalue weighted by molar-refractivity contribution is 7.90. The van der Waals surface area contributed by atoms with E-state index in [1.807, 2.05) is 18.2 Å². The van der Waals surface area contributed by atoms with Crippen molar-refractivity contribution in [1.29, 1.82) is 0 Å². The molecule has 2 aromatic carbocycles. The van der Waals surface area contributed by atoms with Crippen LogP contribution in [0.2, 0.25) is 0 Å². The molecule has 0 fully saturated rings. The zero-order chi connectivity index (χ0) is 22.0. The molecule has 0 spiro atoms. The minimum absolute atomic E-state index is 0.205. The fourth-order valence-corrected chi connectivity index (χ4v) is 4.21. The van der Waals surface area contributed by atoms with Gasteiger partial charge in [0.25, 0.3) is 5.91 Å². The maximum Gasteiger partial charge on any atom is 0.287 e. The first-order valence-electron chi connectivity index (χ1n) is 9.80. The number of para-hydroxylation sites is 1. The highest BCUT2D eigenvalue weighted by atomic mass is 32.2. The van der Waals surface area contributed by atoms with Crippen LogP contribution in [0.25, 0.3) is 11.1 Å². The van der Waals surface area contributed by atoms with Crippen LogP contribution in [-0.4, -0.2) is 40.3 Å². The molecule has 1 aliphatic heterocycles. The Bertz CT molecular complexity index is 1200. The molecule has 0 saturated carbocycles. The molecule has 7 nitrogen and oxygen atoms in total. The lowest BCUT2D eigenvalue weighted by Gasteiger charge is -2.13. The minimum atomic E-state index is -3.25. The van der Waals surface area contributed by atoms with Crippen molar-refractivity contribution < 1.29 is 27.1 Å². The van der Waals surface area contributed by atoms with E-state index in [2.05, 4.69) is 5.32 Å². The number of nitrogens with one attached hydrogen (secondary N) is 1. The maximum atomic E-state index is 12.3. The summed E-state index contributed by atoms with van der Waals surface area (Å²) in [6.45, 7) is 0.641. The maximum absolute atomic E-state index is 12.3. The van der Waals surface area contributed by atoms with Gasteiger partial charge in [-0.2, -0.15) is 0 Å². The van der Waals surface area contributed by atoms with Gasteiger partial charge in [-0.05, 0) is 35.4 Å². The van der Waals surface area contributed by atoms with Crippen molar-refractivity contribution in [1.82, 2.24) is 5.32 Å². The number of ether oxygens (including phenoxy) is 2. The number of fused-ring (bicyclic) bond motifs is 1. The number of carbonyl (C=O) groups excluding carboxylic acids is 1. The first kappa shape index (κ1) is 21.1. The van der Waals surface area contributed by atoms with Crippen LogP contribution in [0.15, 0.2) is 63.9 Å². The van der Waals surface area contributed by atoms with Crippen LogP contribution in [0.3, 0.4) is 0 Å². The monoisotopic (exact) mass is 441 g/mol. The zero-order valence-electron chi connectivity index (χ0n) is 17.3. The molecule has 31 heavy (non-hydrogen) atoms. The molecule has 1 atom stereocenters. The fourth-order valence-electron chi connectivity index (χ4n) is 3.57. The third kappa shape index (κ3) is 4.65. The van der Waals surface area contributed by atoms with Crippen molar-refractivity contribution in [3.63, 3.8) is 0 Å². The predicted molar refractivity (Wildman–Crippen MR) is 115 cm³/mol. The van der Waals surface area contributed by atoms with E-state index in [1.54, 1.807) is 43.5 Å². The van der Waals surface area contributed by atoms with Gasteiger partial charge >= 0.3 is 0 Å². The lowest BCUT2D eigenvalue weighted by Crippen LogP contribution is -2.34. The second-order valence-electron chi connectivity index (χ2n) is 7.44. The number of hydrogen-bond donors (Lipinski definition) is 1. The Kier molecular flexibility index (Phi) is 5.84. The summed E-state index contributed by atoms with van der Waals surface area (Å²) in [5.74, 6) is 1.27. The second kappa shape index (κ2) is 8.56. The molecule has 1 N–H and O–H groups in total. The largest absolute Gasteiger partial charge is 0.487 e. The van der Waals surface area contributed by atoms with Crippen LogP contribution in [0.4, 0.5) is 0 Å². The van der Waals surface area contributed by atoms with E-state index in [-0.39, 0.29) is 22.7 Å². The number of benzene rings is 2. The molecule has 8 heteroatoms. The average Bonchev–Trinajstić information content (AvgIpc) is 3.38. The fraction of sp³-hybridized carbons (Fsp3) is 0.261. The summed E-state index contributed by atoms with van der Waals surface area (Å²) in [6, 6.07) is 16.0. The lowest BCUT2D eigenvalue weighted by atomic mass is 10.0. The summed E-state index contributed by atoms with van der Waals surface area (Å²) in [4.78, 5) is 12.6. The van der Waals surface area contributed by atoms with Gasteiger partial charge in [-0.1, -0.05) is 30.3 Å². The van der Waals surface area contributed by atoms with Gasteiger partial charge < -0.3 is 19.2 Å². The van der Waals surface area contributed by atoms with Crippen LogP contribution in [0, 0.1) is 0 Å². The van der Waals surface area contributed by atoms with Gasteiger partial charge in [0.05, 0.1) is 11.4 Å². The van der Waals surface area contributed by atoms with Crippen molar-refractivity contribution in [2.45, 2.75) is 24.0 Å². The number of methoxy groups -OCH3 is 1. The minimum Gasteiger partial charge on any atom is -0.487 e. The standard InChI is InChI=1S/C23H23NO6S/c1-28-14-17-8-11-21(29-17)23(25)24-13-18-12-16-4-3-5-20(22(16)30-18)15-6-9-19(10-7-15)31(2,26)27/h3-11,18H,12-14H2,1-2H3,(H,24,25)/t18-/m1/s1. The van der Waals surface area contributed by atoms with E-state index in [1.165, 1.54) is 6.26 Å². The van der Waals surface area contributed by atoms with Crippen molar-refractivity contribution in [3.05, 3.63) is 71.7 Å². The molecule has 0 bridgehead atoms. The molecule has 162 valence electrons. The Morgan fingerprint density at radius 2 is 1.90 bits per heavy atom. The van der Waals surface area contributed by atoms with E-state index in [0.29, 0.717) is 25.3 Å². The van der Waals surface area contributed by atoms with Gasteiger partial charge in [-0.25, -0.2) is 8.42 Å². The Morgan fingerprint density at radius 3 is 2.61 bits per heavy atom. The second-order valence-corrected chi connectivity index (χ2v) is 9.46. The SMILES string of the molecule is COCc1ccc(C(=O)NC[C@H]2Cc3cccc(-c4ccc(S(C)(=O)=O)cc4)c3O2)o1. The summed E-state index contributed by atoms with van der Waals surface area (Å²) < 4.78 is 40.0. The van der Waals surface area contributed by atoms with Crippen LogP contribution in [0.1, 0.15) is 21.9 Å². The number of rotatable bonds is 7. The molecule has 1 amide bonds. The van der Waals surface area contributed by atoms with Gasteiger partial charge in [0.15, 0.2) is 15.6 Å². The van der Waals surface area contributed by atoms with E-state index < -0.39 is 9.84 Å². The molecule has 0 unspecified atom stereocenters. The third-order valence-corrected chi connectivity index (χ3v) is 6.21. The Hall–Kier alpha value is -3.10. The Balaban J connectivity index is 1.44. The van der Waals surface area contributed by atoms with Gasteiger partial charge in [0.1, 0.15) is 24.2 Å². The molecular weight excluding hydrogens is 418 g/mol. The average molecular weight is 442 g/mol. The van der Waals surface area contributed by atoms with E-state index in [4.69, 9.17) is 13.9 Å². The van der Waals surface area contributed by atoms with Gasteiger partial charge in [-0.15, -0.1) is 0 Å². The van der Waals surface area contributed by atoms with Crippen LogP contribution in [-0.2, 0) is 27.6 Å². The molecule has 0 radical (unpaired) electrons. The van der Waals surface area contributed by atoms with Crippen LogP contribution >= 0.6 is 0 Å². The van der Waals surface area contributed by atoms with Crippen LogP contribution in [0.5, 0.6) is 5.75 Å². The summed E-state index contributed by atoms with van der Waals surface area (Å²) in [5.41, 5.74) is 2.81. The smallest absolute Gasteiger partial charge is 0.287 e. The molecule has 0 aliphatic carbocycles. The quantitative estimate of drug-likeness (QED) is 0.605. The number of sulfone groups is 1. The van der Waals surface area contributed by atoms with E-state index in [9.17, 15) is 13.2 Å². The lowest BCUT2D eigenvalue weighted by molar-refractivity contribution is 0.0897. The summed E-state index contributed by atoms with van der Waals surface area (Å²) in [6.07, 6.45) is 1.65. The predicted octanol–water partition coefficient (Wildman–Crippen LogP) is 3.23. The van der Waals surface area contributed by atoms with Gasteiger partial charge in [-0.3, -0.25) is 4.79 Å². The molecular formula is C23H23NO6S. The van der Waals surface area contributed by atoms with E-state index >= 15 is 0 Å². The number of furan rings is 1. The normalized spacial score (nSPS) is 15.4. The summed E-state index contributed by atoms with van der Waals surface area (Å²) >= 11 is 0. The first-order chi connectivity index (χ1) is 14.8. The molecule has 1 aromatic heterocycles. The molecule has 3 aromatic rings. The molecule has 1 aliphatic rings. The van der Waals surface area contributed by atoms with Crippen molar-refractivity contribution in [2.75, 3.05) is 19.9 Å². The van der Waals surface area contributed by atoms with Crippen LogP contribution < -0.4 is 10.1 Å². The van der Waals surface area contributed by atoms with Crippen molar-refractivity contribution in [3.8, 4) is 16.9 Å².